The van der Waals surface area contributed by atoms with Gasteiger partial charge in [0.15, 0.2) is 0 Å². The number of carbonyl (C=O) groups excluding carboxylic acids is 1. The second-order valence-electron chi connectivity index (χ2n) is 4.95. The van der Waals surface area contributed by atoms with Crippen molar-refractivity contribution in [3.63, 3.8) is 0 Å². The number of urea groups is 1. The highest BCUT2D eigenvalue weighted by molar-refractivity contribution is 5.76. The molecule has 2 unspecified atom stereocenters. The number of likely N-dealkylation sites (tertiary alicyclic amines) is 1. The summed E-state index contributed by atoms with van der Waals surface area (Å²) in [5.41, 5.74) is 0. The van der Waals surface area contributed by atoms with Crippen LogP contribution < -0.4 is 5.32 Å². The average molecular weight is 272 g/mol. The van der Waals surface area contributed by atoms with Crippen LogP contribution in [0.4, 0.5) is 4.79 Å². The monoisotopic (exact) mass is 272 g/mol. The van der Waals surface area contributed by atoms with E-state index in [4.69, 9.17) is 9.84 Å². The molecule has 2 amide bonds. The van der Waals surface area contributed by atoms with Crippen LogP contribution in [0.1, 0.15) is 39.0 Å². The van der Waals surface area contributed by atoms with Gasteiger partial charge >= 0.3 is 12.0 Å². The minimum absolute atomic E-state index is 0.0223. The van der Waals surface area contributed by atoms with Gasteiger partial charge in [0.2, 0.25) is 0 Å². The number of ether oxygens (including phenoxy) is 1. The third-order valence-electron chi connectivity index (χ3n) is 3.49. The molecule has 1 rings (SSSR count). The molecule has 19 heavy (non-hydrogen) atoms. The number of carboxylic acids is 1. The van der Waals surface area contributed by atoms with Crippen LogP contribution in [0, 0.1) is 0 Å². The first-order valence-corrected chi connectivity index (χ1v) is 6.86. The molecule has 2 N–H and O–H groups in total. The number of carbonyl (C=O) groups is 2. The van der Waals surface area contributed by atoms with Gasteiger partial charge in [-0.05, 0) is 25.7 Å². The maximum Gasteiger partial charge on any atom is 0.317 e. The van der Waals surface area contributed by atoms with Crippen LogP contribution in [0.15, 0.2) is 0 Å². The molecule has 0 aromatic heterocycles. The van der Waals surface area contributed by atoms with E-state index in [2.05, 4.69) is 5.32 Å². The van der Waals surface area contributed by atoms with E-state index in [1.54, 1.807) is 12.0 Å². The van der Waals surface area contributed by atoms with Gasteiger partial charge in [-0.1, -0.05) is 6.92 Å². The van der Waals surface area contributed by atoms with Gasteiger partial charge in [-0.2, -0.15) is 0 Å². The molecule has 1 aliphatic heterocycles. The van der Waals surface area contributed by atoms with E-state index >= 15 is 0 Å². The molecule has 110 valence electrons. The molecule has 1 saturated heterocycles. The zero-order valence-electron chi connectivity index (χ0n) is 11.7. The molecule has 0 aliphatic carbocycles. The number of aliphatic carboxylic acids is 1. The molecule has 6 heteroatoms. The molecule has 0 radical (unpaired) electrons. The van der Waals surface area contributed by atoms with Crippen molar-refractivity contribution >= 4 is 12.0 Å². The van der Waals surface area contributed by atoms with E-state index in [0.29, 0.717) is 13.2 Å². The molecule has 1 heterocycles. The Hall–Kier alpha value is -1.30. The van der Waals surface area contributed by atoms with Crippen molar-refractivity contribution in [2.24, 2.45) is 0 Å². The summed E-state index contributed by atoms with van der Waals surface area (Å²) >= 11 is 0. The van der Waals surface area contributed by atoms with Crippen molar-refractivity contribution in [2.45, 2.75) is 51.1 Å². The Kier molecular flexibility index (Phi) is 6.62. The summed E-state index contributed by atoms with van der Waals surface area (Å²) < 4.78 is 5.05. The Morgan fingerprint density at radius 1 is 1.47 bits per heavy atom. The SMILES string of the molecule is CCC(COC)NC(=O)N1CCCCC1CC(=O)O. The summed E-state index contributed by atoms with van der Waals surface area (Å²) in [6.45, 7) is 3.09. The summed E-state index contributed by atoms with van der Waals surface area (Å²) in [6.07, 6.45) is 3.49. The zero-order valence-corrected chi connectivity index (χ0v) is 11.7. The van der Waals surface area contributed by atoms with Gasteiger partial charge in [0.1, 0.15) is 0 Å². The van der Waals surface area contributed by atoms with E-state index in [0.717, 1.165) is 25.7 Å². The summed E-state index contributed by atoms with van der Waals surface area (Å²) in [7, 11) is 1.60. The number of methoxy groups -OCH3 is 1. The number of nitrogens with one attached hydrogen (secondary N) is 1. The molecular formula is C13H24N2O4. The van der Waals surface area contributed by atoms with Crippen molar-refractivity contribution < 1.29 is 19.4 Å². The third kappa shape index (κ3) is 5.06. The second kappa shape index (κ2) is 7.99. The van der Waals surface area contributed by atoms with Gasteiger partial charge in [-0.3, -0.25) is 4.79 Å². The highest BCUT2D eigenvalue weighted by Gasteiger charge is 2.29. The van der Waals surface area contributed by atoms with Crippen LogP contribution in [-0.4, -0.2) is 54.4 Å². The molecular weight excluding hydrogens is 248 g/mol. The van der Waals surface area contributed by atoms with E-state index in [9.17, 15) is 9.59 Å². The lowest BCUT2D eigenvalue weighted by molar-refractivity contribution is -0.138. The number of hydrogen-bond donors (Lipinski definition) is 2. The van der Waals surface area contributed by atoms with Gasteiger partial charge in [0.05, 0.1) is 19.1 Å². The smallest absolute Gasteiger partial charge is 0.317 e. The van der Waals surface area contributed by atoms with Gasteiger partial charge in [-0.25, -0.2) is 4.79 Å². The first-order valence-electron chi connectivity index (χ1n) is 6.86. The van der Waals surface area contributed by atoms with Gasteiger partial charge < -0.3 is 20.1 Å². The van der Waals surface area contributed by atoms with Gasteiger partial charge in [0.25, 0.3) is 0 Å². The average Bonchev–Trinajstić information content (AvgIpc) is 2.38. The molecule has 1 aliphatic rings. The molecule has 0 aromatic rings. The quantitative estimate of drug-likeness (QED) is 0.767. The van der Waals surface area contributed by atoms with Gasteiger partial charge in [0, 0.05) is 19.7 Å². The normalized spacial score (nSPS) is 20.9. The Balaban J connectivity index is 2.58. The van der Waals surface area contributed by atoms with Crippen molar-refractivity contribution in [1.82, 2.24) is 10.2 Å². The predicted molar refractivity (Wildman–Crippen MR) is 71.1 cm³/mol. The molecule has 0 saturated carbocycles. The fourth-order valence-corrected chi connectivity index (χ4v) is 2.40. The molecule has 1 fully saturated rings. The van der Waals surface area contributed by atoms with Crippen molar-refractivity contribution in [3.05, 3.63) is 0 Å². The van der Waals surface area contributed by atoms with E-state index in [1.165, 1.54) is 0 Å². The standard InChI is InChI=1S/C13H24N2O4/c1-3-10(9-19-2)14-13(18)15-7-5-4-6-11(15)8-12(16)17/h10-11H,3-9H2,1-2H3,(H,14,18)(H,16,17). The summed E-state index contributed by atoms with van der Waals surface area (Å²) in [5.74, 6) is -0.853. The van der Waals surface area contributed by atoms with Crippen LogP contribution in [-0.2, 0) is 9.53 Å². The van der Waals surface area contributed by atoms with Crippen LogP contribution >= 0.6 is 0 Å². The highest BCUT2D eigenvalue weighted by atomic mass is 16.5. The summed E-state index contributed by atoms with van der Waals surface area (Å²) in [5, 5.41) is 11.8. The lowest BCUT2D eigenvalue weighted by atomic mass is 10.00. The van der Waals surface area contributed by atoms with Crippen LogP contribution in [0.2, 0.25) is 0 Å². The fraction of sp³-hybridized carbons (Fsp3) is 0.846. The number of nitrogens with zero attached hydrogens (tertiary/aromatic N) is 1. The zero-order chi connectivity index (χ0) is 14.3. The first kappa shape index (κ1) is 15.8. The molecule has 2 atom stereocenters. The van der Waals surface area contributed by atoms with Crippen LogP contribution in [0.25, 0.3) is 0 Å². The van der Waals surface area contributed by atoms with Crippen molar-refractivity contribution in [2.75, 3.05) is 20.3 Å². The number of hydrogen-bond acceptors (Lipinski definition) is 3. The molecule has 6 nitrogen and oxygen atoms in total. The molecule has 0 aromatic carbocycles. The van der Waals surface area contributed by atoms with Crippen molar-refractivity contribution in [3.8, 4) is 0 Å². The minimum Gasteiger partial charge on any atom is -0.481 e. The number of carboxylic acid groups (broad SMARTS) is 1. The Morgan fingerprint density at radius 3 is 2.79 bits per heavy atom. The van der Waals surface area contributed by atoms with E-state index in [1.807, 2.05) is 6.92 Å². The van der Waals surface area contributed by atoms with Crippen LogP contribution in [0.5, 0.6) is 0 Å². The Bertz CT molecular complexity index is 309. The Labute approximate surface area is 114 Å². The largest absolute Gasteiger partial charge is 0.481 e. The highest BCUT2D eigenvalue weighted by Crippen LogP contribution is 2.19. The maximum atomic E-state index is 12.2. The lowest BCUT2D eigenvalue weighted by Gasteiger charge is -2.36. The third-order valence-corrected chi connectivity index (χ3v) is 3.49. The topological polar surface area (TPSA) is 78.9 Å². The molecule has 0 spiro atoms. The van der Waals surface area contributed by atoms with E-state index < -0.39 is 5.97 Å². The minimum atomic E-state index is -0.853. The van der Waals surface area contributed by atoms with Gasteiger partial charge in [-0.15, -0.1) is 0 Å². The summed E-state index contributed by atoms with van der Waals surface area (Å²) in [6, 6.07) is -0.383. The first-order chi connectivity index (χ1) is 9.08. The van der Waals surface area contributed by atoms with Crippen LogP contribution in [0.3, 0.4) is 0 Å². The maximum absolute atomic E-state index is 12.2. The number of amides is 2. The Morgan fingerprint density at radius 2 is 2.21 bits per heavy atom. The number of piperidine rings is 1. The number of rotatable bonds is 6. The predicted octanol–water partition coefficient (Wildman–Crippen LogP) is 1.45. The summed E-state index contributed by atoms with van der Waals surface area (Å²) in [4.78, 5) is 24.7. The second-order valence-corrected chi connectivity index (χ2v) is 4.95. The fourth-order valence-electron chi connectivity index (χ4n) is 2.40. The lowest BCUT2D eigenvalue weighted by Crippen LogP contribution is -2.52. The molecule has 0 bridgehead atoms. The van der Waals surface area contributed by atoms with Crippen molar-refractivity contribution in [1.29, 1.82) is 0 Å². The van der Waals surface area contributed by atoms with E-state index in [-0.39, 0.29) is 24.5 Å².